The lowest BCUT2D eigenvalue weighted by atomic mass is 10.1. The first-order chi connectivity index (χ1) is 20.8. The summed E-state index contributed by atoms with van der Waals surface area (Å²) in [4.78, 5) is 28.6. The minimum absolute atomic E-state index is 0.0302. The number of amides is 2. The van der Waals surface area contributed by atoms with Gasteiger partial charge in [0.25, 0.3) is 10.0 Å². The second-order valence-corrected chi connectivity index (χ2v) is 13.0. The van der Waals surface area contributed by atoms with Crippen molar-refractivity contribution >= 4 is 50.7 Å². The van der Waals surface area contributed by atoms with Crippen LogP contribution in [-0.4, -0.2) is 58.5 Å². The number of hydrogen-bond acceptors (Lipinski definition) is 6. The molecule has 44 heavy (non-hydrogen) atoms. The van der Waals surface area contributed by atoms with Crippen LogP contribution in [0.4, 0.5) is 10.1 Å². The highest BCUT2D eigenvalue weighted by atomic mass is 35.5. The standard InChI is InChI=1S/C31H36Cl2FN3O6S/c1-6-27(31(39)35-17-20(2)3)36(18-24-25(32)8-7-9-26(24)33)30(38)19-37(22-12-10-21(34)11-13-22)44(40,41)23-14-15-28(42-4)29(16-23)43-5/h7-16,20,27H,6,17-19H2,1-5H3,(H,35,39)/t27-/m1/s1. The third kappa shape index (κ3) is 8.34. The Hall–Kier alpha value is -3.54. The number of benzene rings is 3. The number of carbonyl (C=O) groups is 2. The van der Waals surface area contributed by atoms with E-state index in [1.165, 1.54) is 49.5 Å². The summed E-state index contributed by atoms with van der Waals surface area (Å²) in [6.45, 7) is 5.10. The average Bonchev–Trinajstić information content (AvgIpc) is 2.99. The molecule has 0 saturated heterocycles. The van der Waals surface area contributed by atoms with Crippen molar-refractivity contribution in [3.05, 3.63) is 82.1 Å². The van der Waals surface area contributed by atoms with Gasteiger partial charge >= 0.3 is 0 Å². The second-order valence-electron chi connectivity index (χ2n) is 10.3. The first-order valence-electron chi connectivity index (χ1n) is 13.8. The summed E-state index contributed by atoms with van der Waals surface area (Å²) in [5.41, 5.74) is 0.429. The number of halogens is 3. The van der Waals surface area contributed by atoms with Gasteiger partial charge in [0.1, 0.15) is 18.4 Å². The van der Waals surface area contributed by atoms with Gasteiger partial charge in [-0.05, 0) is 60.9 Å². The first kappa shape index (κ1) is 34.9. The van der Waals surface area contributed by atoms with Gasteiger partial charge in [0.15, 0.2) is 11.5 Å². The Bertz CT molecular complexity index is 1550. The van der Waals surface area contributed by atoms with Crippen LogP contribution >= 0.6 is 23.2 Å². The molecule has 0 spiro atoms. The third-order valence-electron chi connectivity index (χ3n) is 6.80. The van der Waals surface area contributed by atoms with Gasteiger partial charge in [0.2, 0.25) is 11.8 Å². The molecule has 0 radical (unpaired) electrons. The van der Waals surface area contributed by atoms with Crippen LogP contribution in [0.1, 0.15) is 32.8 Å². The van der Waals surface area contributed by atoms with Crippen LogP contribution in [-0.2, 0) is 26.2 Å². The fourth-order valence-electron chi connectivity index (χ4n) is 4.44. The Kier molecular flexibility index (Phi) is 12.3. The molecular weight excluding hydrogens is 632 g/mol. The van der Waals surface area contributed by atoms with E-state index in [4.69, 9.17) is 32.7 Å². The number of methoxy groups -OCH3 is 2. The van der Waals surface area contributed by atoms with Crippen LogP contribution < -0.4 is 19.1 Å². The molecule has 1 atom stereocenters. The van der Waals surface area contributed by atoms with Gasteiger partial charge in [-0.3, -0.25) is 13.9 Å². The molecule has 1 N–H and O–H groups in total. The maximum atomic E-state index is 14.2. The van der Waals surface area contributed by atoms with Crippen LogP contribution in [0, 0.1) is 11.7 Å². The van der Waals surface area contributed by atoms with Crippen molar-refractivity contribution in [2.45, 2.75) is 44.7 Å². The van der Waals surface area contributed by atoms with Crippen LogP contribution in [0.25, 0.3) is 0 Å². The van der Waals surface area contributed by atoms with E-state index in [-0.39, 0.29) is 45.3 Å². The summed E-state index contributed by atoms with van der Waals surface area (Å²) in [5, 5.41) is 3.41. The Balaban J connectivity index is 2.12. The maximum Gasteiger partial charge on any atom is 0.264 e. The summed E-state index contributed by atoms with van der Waals surface area (Å²) in [5.74, 6) is -1.10. The maximum absolute atomic E-state index is 14.2. The molecule has 0 bridgehead atoms. The molecule has 0 fully saturated rings. The summed E-state index contributed by atoms with van der Waals surface area (Å²) in [7, 11) is -1.66. The molecule has 0 aromatic heterocycles. The van der Waals surface area contributed by atoms with Crippen molar-refractivity contribution in [1.29, 1.82) is 0 Å². The van der Waals surface area contributed by atoms with E-state index in [0.717, 1.165) is 16.4 Å². The Morgan fingerprint density at radius 2 is 1.57 bits per heavy atom. The van der Waals surface area contributed by atoms with E-state index in [1.54, 1.807) is 25.1 Å². The monoisotopic (exact) mass is 667 g/mol. The van der Waals surface area contributed by atoms with Crippen molar-refractivity contribution in [3.8, 4) is 11.5 Å². The van der Waals surface area contributed by atoms with Gasteiger partial charge in [-0.25, -0.2) is 12.8 Å². The van der Waals surface area contributed by atoms with E-state index < -0.39 is 40.2 Å². The van der Waals surface area contributed by atoms with Crippen molar-refractivity contribution in [3.63, 3.8) is 0 Å². The molecule has 9 nitrogen and oxygen atoms in total. The Labute approximate surface area is 267 Å². The van der Waals surface area contributed by atoms with Gasteiger partial charge in [-0.2, -0.15) is 0 Å². The largest absolute Gasteiger partial charge is 0.493 e. The molecule has 0 aliphatic heterocycles. The summed E-state index contributed by atoms with van der Waals surface area (Å²) < 4.78 is 53.5. The van der Waals surface area contributed by atoms with E-state index in [9.17, 15) is 22.4 Å². The quantitative estimate of drug-likeness (QED) is 0.229. The number of nitrogens with zero attached hydrogens (tertiary/aromatic N) is 2. The van der Waals surface area contributed by atoms with Gasteiger partial charge in [0.05, 0.1) is 24.8 Å². The zero-order valence-electron chi connectivity index (χ0n) is 25.1. The number of anilines is 1. The lowest BCUT2D eigenvalue weighted by molar-refractivity contribution is -0.140. The van der Waals surface area contributed by atoms with Crippen LogP contribution in [0.15, 0.2) is 65.6 Å². The van der Waals surface area contributed by atoms with Gasteiger partial charge in [0, 0.05) is 34.8 Å². The summed E-state index contributed by atoms with van der Waals surface area (Å²) >= 11 is 12.9. The molecule has 13 heteroatoms. The average molecular weight is 669 g/mol. The van der Waals surface area contributed by atoms with Gasteiger partial charge < -0.3 is 19.7 Å². The van der Waals surface area contributed by atoms with E-state index in [1.807, 2.05) is 13.8 Å². The lowest BCUT2D eigenvalue weighted by Gasteiger charge is -2.33. The first-order valence-corrected chi connectivity index (χ1v) is 16.0. The summed E-state index contributed by atoms with van der Waals surface area (Å²) in [6, 6.07) is 12.6. The normalized spacial score (nSPS) is 12.0. The number of hydrogen-bond donors (Lipinski definition) is 1. The second kappa shape index (κ2) is 15.5. The molecule has 0 aliphatic rings. The third-order valence-corrected chi connectivity index (χ3v) is 9.28. The molecule has 3 rings (SSSR count). The number of sulfonamides is 1. The smallest absolute Gasteiger partial charge is 0.264 e. The molecule has 0 unspecified atom stereocenters. The number of rotatable bonds is 14. The molecule has 3 aromatic rings. The highest BCUT2D eigenvalue weighted by Crippen LogP contribution is 2.33. The number of ether oxygens (including phenoxy) is 2. The van der Waals surface area contributed by atoms with Crippen molar-refractivity contribution in [1.82, 2.24) is 10.2 Å². The van der Waals surface area contributed by atoms with Gasteiger partial charge in [-0.1, -0.05) is 50.0 Å². The van der Waals surface area contributed by atoms with Gasteiger partial charge in [-0.15, -0.1) is 0 Å². The van der Waals surface area contributed by atoms with Crippen molar-refractivity contribution in [2.75, 3.05) is 31.6 Å². The fraction of sp³-hybridized carbons (Fsp3) is 0.355. The zero-order chi connectivity index (χ0) is 32.6. The van der Waals surface area contributed by atoms with Crippen LogP contribution in [0.3, 0.4) is 0 Å². The molecule has 0 saturated carbocycles. The predicted octanol–water partition coefficient (Wildman–Crippen LogP) is 5.92. The molecule has 238 valence electrons. The zero-order valence-corrected chi connectivity index (χ0v) is 27.5. The fourth-order valence-corrected chi connectivity index (χ4v) is 6.38. The van der Waals surface area contributed by atoms with Crippen LogP contribution in [0.5, 0.6) is 11.5 Å². The number of carbonyl (C=O) groups excluding carboxylic acids is 2. The van der Waals surface area contributed by atoms with Crippen molar-refractivity contribution in [2.24, 2.45) is 5.92 Å². The van der Waals surface area contributed by atoms with Crippen molar-refractivity contribution < 1.29 is 31.9 Å². The molecule has 0 aliphatic carbocycles. The highest BCUT2D eigenvalue weighted by Gasteiger charge is 2.34. The molecule has 2 amide bonds. The molecule has 3 aromatic carbocycles. The Morgan fingerprint density at radius 1 is 0.955 bits per heavy atom. The number of nitrogens with one attached hydrogen (secondary N) is 1. The Morgan fingerprint density at radius 3 is 2.11 bits per heavy atom. The lowest BCUT2D eigenvalue weighted by Crippen LogP contribution is -2.52. The molecular formula is C31H36Cl2FN3O6S. The topological polar surface area (TPSA) is 105 Å². The predicted molar refractivity (Wildman–Crippen MR) is 169 cm³/mol. The minimum atomic E-state index is -4.44. The van der Waals surface area contributed by atoms with E-state index in [2.05, 4.69) is 5.32 Å². The van der Waals surface area contributed by atoms with E-state index in [0.29, 0.717) is 17.9 Å². The van der Waals surface area contributed by atoms with E-state index >= 15 is 0 Å². The molecule has 0 heterocycles. The minimum Gasteiger partial charge on any atom is -0.493 e. The SMILES string of the molecule is CC[C@H](C(=O)NCC(C)C)N(Cc1c(Cl)cccc1Cl)C(=O)CN(c1ccc(F)cc1)S(=O)(=O)c1ccc(OC)c(OC)c1. The summed E-state index contributed by atoms with van der Waals surface area (Å²) in [6.07, 6.45) is 0.219. The highest BCUT2D eigenvalue weighted by molar-refractivity contribution is 7.92. The van der Waals surface area contributed by atoms with Crippen LogP contribution in [0.2, 0.25) is 10.0 Å².